The van der Waals surface area contributed by atoms with Crippen LogP contribution in [0.4, 0.5) is 0 Å². The second-order valence-electron chi connectivity index (χ2n) is 5.09. The largest absolute Gasteiger partial charge is 0.466 e. The molecular formula is C17H14N2O2. The summed E-state index contributed by atoms with van der Waals surface area (Å²) in [5.74, 6) is 1.24. The van der Waals surface area contributed by atoms with Gasteiger partial charge in [0.05, 0.1) is 17.2 Å². The van der Waals surface area contributed by atoms with Crippen molar-refractivity contribution >= 4 is 16.7 Å². The van der Waals surface area contributed by atoms with Gasteiger partial charge in [-0.15, -0.1) is 0 Å². The number of carbonyl (C=O) groups excluding carboxylic acids is 1. The fraction of sp³-hybridized carbons (Fsp3) is 0.176. The van der Waals surface area contributed by atoms with Crippen LogP contribution in [0.5, 0.6) is 0 Å². The van der Waals surface area contributed by atoms with E-state index in [4.69, 9.17) is 4.42 Å². The lowest BCUT2D eigenvalue weighted by atomic mass is 9.97. The third kappa shape index (κ3) is 1.86. The number of H-pyrrole nitrogens is 1. The molecule has 0 unspecified atom stereocenters. The van der Waals surface area contributed by atoms with E-state index in [1.54, 1.807) is 25.3 Å². The third-order valence-corrected chi connectivity index (χ3v) is 3.86. The fourth-order valence-corrected chi connectivity index (χ4v) is 2.72. The fourth-order valence-electron chi connectivity index (χ4n) is 2.72. The Kier molecular flexibility index (Phi) is 2.91. The number of nitrogens with zero attached hydrogens (tertiary/aromatic N) is 1. The number of fused-ring (bicyclic) bond motifs is 1. The summed E-state index contributed by atoms with van der Waals surface area (Å²) in [5.41, 5.74) is 3.22. The Labute approximate surface area is 122 Å². The molecule has 0 bridgehead atoms. The number of carbonyl (C=O) groups is 1. The Morgan fingerprint density at radius 1 is 1.24 bits per heavy atom. The molecule has 3 aromatic rings. The van der Waals surface area contributed by atoms with Crippen molar-refractivity contribution in [2.45, 2.75) is 20.8 Å². The average Bonchev–Trinajstić information content (AvgIpc) is 3.00. The summed E-state index contributed by atoms with van der Waals surface area (Å²) in [5, 5.41) is 9.92. The second-order valence-corrected chi connectivity index (χ2v) is 5.09. The lowest BCUT2D eigenvalue weighted by Crippen LogP contribution is -2.03. The van der Waals surface area contributed by atoms with Crippen molar-refractivity contribution in [3.8, 4) is 6.07 Å². The van der Waals surface area contributed by atoms with Gasteiger partial charge in [-0.1, -0.05) is 6.07 Å². The molecule has 0 fully saturated rings. The van der Waals surface area contributed by atoms with Gasteiger partial charge in [0.1, 0.15) is 11.5 Å². The first kappa shape index (κ1) is 13.2. The highest BCUT2D eigenvalue weighted by Crippen LogP contribution is 2.28. The number of aryl methyl sites for hydroxylation is 2. The van der Waals surface area contributed by atoms with Gasteiger partial charge in [-0.2, -0.15) is 5.26 Å². The number of hydrogen-bond acceptors (Lipinski definition) is 3. The first-order valence-electron chi connectivity index (χ1n) is 6.66. The van der Waals surface area contributed by atoms with Crippen LogP contribution in [-0.2, 0) is 0 Å². The molecule has 0 aliphatic rings. The molecule has 1 aromatic carbocycles. The zero-order valence-electron chi connectivity index (χ0n) is 12.1. The van der Waals surface area contributed by atoms with E-state index in [2.05, 4.69) is 11.1 Å². The number of ketones is 1. The summed E-state index contributed by atoms with van der Waals surface area (Å²) in [6.45, 7) is 5.50. The van der Waals surface area contributed by atoms with Crippen molar-refractivity contribution in [1.82, 2.24) is 4.98 Å². The maximum absolute atomic E-state index is 12.9. The summed E-state index contributed by atoms with van der Waals surface area (Å²) < 4.78 is 5.54. The smallest absolute Gasteiger partial charge is 0.199 e. The monoisotopic (exact) mass is 278 g/mol. The first-order valence-corrected chi connectivity index (χ1v) is 6.66. The van der Waals surface area contributed by atoms with Gasteiger partial charge in [-0.3, -0.25) is 4.79 Å². The highest BCUT2D eigenvalue weighted by Gasteiger charge is 2.23. The van der Waals surface area contributed by atoms with Gasteiger partial charge in [0, 0.05) is 28.2 Å². The van der Waals surface area contributed by atoms with E-state index in [1.807, 2.05) is 19.9 Å². The van der Waals surface area contributed by atoms with E-state index >= 15 is 0 Å². The Bertz CT molecular complexity index is 907. The van der Waals surface area contributed by atoms with Crippen LogP contribution < -0.4 is 0 Å². The van der Waals surface area contributed by atoms with Crippen LogP contribution in [0.25, 0.3) is 10.9 Å². The quantitative estimate of drug-likeness (QED) is 0.725. The normalized spacial score (nSPS) is 10.8. The van der Waals surface area contributed by atoms with Gasteiger partial charge in [0.2, 0.25) is 0 Å². The topological polar surface area (TPSA) is 69.8 Å². The zero-order chi connectivity index (χ0) is 15.1. The van der Waals surface area contributed by atoms with Crippen molar-refractivity contribution in [2.75, 3.05) is 0 Å². The number of furan rings is 1. The standard InChI is InChI=1S/C17H14N2O2/c1-9-10(2)21-11(3)15(9)17(20)13-8-19-14-6-4-5-12(7-18)16(13)14/h4-6,8,19H,1-3H3. The van der Waals surface area contributed by atoms with E-state index in [-0.39, 0.29) is 5.78 Å². The minimum Gasteiger partial charge on any atom is -0.466 e. The molecule has 0 saturated heterocycles. The maximum Gasteiger partial charge on any atom is 0.199 e. The van der Waals surface area contributed by atoms with Crippen LogP contribution in [0.15, 0.2) is 28.8 Å². The first-order chi connectivity index (χ1) is 10.0. The molecule has 21 heavy (non-hydrogen) atoms. The van der Waals surface area contributed by atoms with Crippen LogP contribution in [0, 0.1) is 32.1 Å². The van der Waals surface area contributed by atoms with Gasteiger partial charge in [0.15, 0.2) is 5.78 Å². The van der Waals surface area contributed by atoms with Crippen LogP contribution >= 0.6 is 0 Å². The van der Waals surface area contributed by atoms with Crippen LogP contribution in [0.2, 0.25) is 0 Å². The van der Waals surface area contributed by atoms with Crippen LogP contribution in [0.3, 0.4) is 0 Å². The average molecular weight is 278 g/mol. The van der Waals surface area contributed by atoms with Crippen molar-refractivity contribution in [3.63, 3.8) is 0 Å². The Hall–Kier alpha value is -2.80. The van der Waals surface area contributed by atoms with Crippen molar-refractivity contribution in [2.24, 2.45) is 0 Å². The molecule has 104 valence electrons. The molecule has 0 radical (unpaired) electrons. The molecule has 0 aliphatic heterocycles. The van der Waals surface area contributed by atoms with Crippen LogP contribution in [-0.4, -0.2) is 10.8 Å². The van der Waals surface area contributed by atoms with E-state index < -0.39 is 0 Å². The summed E-state index contributed by atoms with van der Waals surface area (Å²) in [4.78, 5) is 15.9. The maximum atomic E-state index is 12.9. The van der Waals surface area contributed by atoms with E-state index in [1.165, 1.54) is 0 Å². The van der Waals surface area contributed by atoms with E-state index in [0.29, 0.717) is 27.8 Å². The number of benzene rings is 1. The molecule has 3 rings (SSSR count). The highest BCUT2D eigenvalue weighted by atomic mass is 16.3. The summed E-state index contributed by atoms with van der Waals surface area (Å²) in [7, 11) is 0. The molecule has 1 N–H and O–H groups in total. The van der Waals surface area contributed by atoms with Crippen molar-refractivity contribution in [1.29, 1.82) is 5.26 Å². The number of aromatic nitrogens is 1. The highest BCUT2D eigenvalue weighted by molar-refractivity contribution is 6.18. The van der Waals surface area contributed by atoms with Gasteiger partial charge in [0.25, 0.3) is 0 Å². The molecular weight excluding hydrogens is 264 g/mol. The number of nitriles is 1. The van der Waals surface area contributed by atoms with E-state index in [0.717, 1.165) is 16.8 Å². The minimum atomic E-state index is -0.115. The van der Waals surface area contributed by atoms with Gasteiger partial charge in [-0.05, 0) is 32.9 Å². The van der Waals surface area contributed by atoms with Crippen molar-refractivity contribution < 1.29 is 9.21 Å². The molecule has 0 aliphatic carbocycles. The molecule has 0 saturated carbocycles. The molecule has 2 aromatic heterocycles. The summed E-state index contributed by atoms with van der Waals surface area (Å²) >= 11 is 0. The molecule has 0 amide bonds. The molecule has 2 heterocycles. The zero-order valence-corrected chi connectivity index (χ0v) is 12.1. The van der Waals surface area contributed by atoms with Gasteiger partial charge in [-0.25, -0.2) is 0 Å². The predicted molar refractivity (Wildman–Crippen MR) is 79.4 cm³/mol. The Morgan fingerprint density at radius 2 is 2.00 bits per heavy atom. The predicted octanol–water partition coefficient (Wildman–Crippen LogP) is 3.79. The number of hydrogen-bond donors (Lipinski definition) is 1. The van der Waals surface area contributed by atoms with Crippen molar-refractivity contribution in [3.05, 3.63) is 58.2 Å². The van der Waals surface area contributed by atoms with E-state index in [9.17, 15) is 10.1 Å². The Morgan fingerprint density at radius 3 is 2.62 bits per heavy atom. The van der Waals surface area contributed by atoms with Gasteiger partial charge < -0.3 is 9.40 Å². The minimum absolute atomic E-state index is 0.115. The lowest BCUT2D eigenvalue weighted by molar-refractivity contribution is 0.103. The summed E-state index contributed by atoms with van der Waals surface area (Å²) in [6.07, 6.45) is 1.66. The Balaban J connectivity index is 2.26. The lowest BCUT2D eigenvalue weighted by Gasteiger charge is -2.01. The van der Waals surface area contributed by atoms with Crippen LogP contribution in [0.1, 0.15) is 38.6 Å². The molecule has 4 heteroatoms. The molecule has 0 spiro atoms. The van der Waals surface area contributed by atoms with Gasteiger partial charge >= 0.3 is 0 Å². The molecule has 4 nitrogen and oxygen atoms in total. The SMILES string of the molecule is Cc1oc(C)c(C(=O)c2c[nH]c3cccc(C#N)c23)c1C. The second kappa shape index (κ2) is 4.64. The summed E-state index contributed by atoms with van der Waals surface area (Å²) in [6, 6.07) is 7.51. The number of nitrogens with one attached hydrogen (secondary N) is 1. The molecule has 0 atom stereocenters. The number of rotatable bonds is 2. The number of aromatic amines is 1. The third-order valence-electron chi connectivity index (χ3n) is 3.86.